The molecule has 2 aliphatic rings. The Morgan fingerprint density at radius 2 is 1.76 bits per heavy atom. The van der Waals surface area contributed by atoms with Crippen molar-refractivity contribution in [1.29, 1.82) is 0 Å². The van der Waals surface area contributed by atoms with Gasteiger partial charge in [-0.3, -0.25) is 14.5 Å². The molecule has 1 heterocycles. The topological polar surface area (TPSA) is 37.4 Å². The number of hydrogen-bond acceptors (Lipinski definition) is 2. The zero-order valence-corrected chi connectivity index (χ0v) is 17.5. The quantitative estimate of drug-likeness (QED) is 0.612. The van der Waals surface area contributed by atoms with Crippen LogP contribution in [-0.4, -0.2) is 11.7 Å². The number of amides is 1. The number of hydrogen-bond donors (Lipinski definition) is 0. The van der Waals surface area contributed by atoms with Gasteiger partial charge in [-0.25, -0.2) is 4.39 Å². The second-order valence-electron chi connectivity index (χ2n) is 8.77. The molecule has 1 atom stereocenters. The second kappa shape index (κ2) is 7.10. The van der Waals surface area contributed by atoms with Crippen molar-refractivity contribution < 1.29 is 14.0 Å². The standard InChI is InChI=1S/C24H23ClFNO2/c1-14-4-9-17(10-19(14)25)27-20-12-24(2,3)13-21(28)23(20)18(11-22(27)29)15-5-7-16(26)8-6-15/h4-10,18H,11-13H2,1-3H3. The monoisotopic (exact) mass is 411 g/mol. The maximum atomic E-state index is 13.4. The highest BCUT2D eigenvalue weighted by atomic mass is 35.5. The van der Waals surface area contributed by atoms with Crippen LogP contribution in [0.5, 0.6) is 0 Å². The van der Waals surface area contributed by atoms with Crippen molar-refractivity contribution in [3.63, 3.8) is 0 Å². The molecule has 0 aromatic heterocycles. The van der Waals surface area contributed by atoms with Crippen LogP contribution in [-0.2, 0) is 9.59 Å². The lowest BCUT2D eigenvalue weighted by molar-refractivity contribution is -0.121. The van der Waals surface area contributed by atoms with Crippen LogP contribution in [0.3, 0.4) is 0 Å². The Labute approximate surface area is 175 Å². The zero-order valence-electron chi connectivity index (χ0n) is 16.8. The van der Waals surface area contributed by atoms with E-state index in [9.17, 15) is 14.0 Å². The molecule has 1 unspecified atom stereocenters. The van der Waals surface area contributed by atoms with Gasteiger partial charge in [-0.2, -0.15) is 0 Å². The number of Topliss-reactive ketones (excluding diaryl/α,β-unsaturated/α-hetero) is 1. The largest absolute Gasteiger partial charge is 0.294 e. The minimum Gasteiger partial charge on any atom is -0.294 e. The summed E-state index contributed by atoms with van der Waals surface area (Å²) in [4.78, 5) is 28.1. The van der Waals surface area contributed by atoms with Gasteiger partial charge < -0.3 is 0 Å². The van der Waals surface area contributed by atoms with E-state index < -0.39 is 0 Å². The van der Waals surface area contributed by atoms with E-state index in [2.05, 4.69) is 0 Å². The normalized spacial score (nSPS) is 21.4. The summed E-state index contributed by atoms with van der Waals surface area (Å²) in [6, 6.07) is 11.6. The predicted octanol–water partition coefficient (Wildman–Crippen LogP) is 5.95. The SMILES string of the molecule is Cc1ccc(N2C(=O)CC(c3ccc(F)cc3)C3=C2CC(C)(C)CC3=O)cc1Cl. The van der Waals surface area contributed by atoms with Gasteiger partial charge in [0.1, 0.15) is 5.82 Å². The maximum Gasteiger partial charge on any atom is 0.232 e. The molecular formula is C24H23ClFNO2. The summed E-state index contributed by atoms with van der Waals surface area (Å²) < 4.78 is 13.4. The number of ketones is 1. The molecular weight excluding hydrogens is 389 g/mol. The minimum atomic E-state index is -0.348. The molecule has 0 fully saturated rings. The first-order valence-corrected chi connectivity index (χ1v) is 10.1. The molecule has 1 aliphatic carbocycles. The first kappa shape index (κ1) is 19.8. The maximum absolute atomic E-state index is 13.4. The summed E-state index contributed by atoms with van der Waals surface area (Å²) in [5.74, 6) is -0.708. The van der Waals surface area contributed by atoms with Crippen molar-refractivity contribution in [2.75, 3.05) is 4.90 Å². The number of halogens is 2. The van der Waals surface area contributed by atoms with Gasteiger partial charge in [-0.1, -0.05) is 43.6 Å². The average molecular weight is 412 g/mol. The van der Waals surface area contributed by atoms with Gasteiger partial charge >= 0.3 is 0 Å². The molecule has 0 saturated heterocycles. The van der Waals surface area contributed by atoms with Crippen molar-refractivity contribution >= 4 is 29.0 Å². The Kier molecular flexibility index (Phi) is 4.86. The van der Waals surface area contributed by atoms with Crippen LogP contribution in [0.2, 0.25) is 5.02 Å². The molecule has 2 aromatic rings. The highest BCUT2D eigenvalue weighted by molar-refractivity contribution is 6.31. The fourth-order valence-electron chi connectivity index (χ4n) is 4.42. The van der Waals surface area contributed by atoms with E-state index in [0.29, 0.717) is 29.1 Å². The summed E-state index contributed by atoms with van der Waals surface area (Å²) in [5, 5.41) is 0.583. The van der Waals surface area contributed by atoms with E-state index in [1.165, 1.54) is 12.1 Å². The van der Waals surface area contributed by atoms with Gasteiger partial charge in [0.05, 0.1) is 5.69 Å². The number of carbonyl (C=O) groups is 2. The fraction of sp³-hybridized carbons (Fsp3) is 0.333. The van der Waals surface area contributed by atoms with Crippen molar-refractivity contribution in [2.24, 2.45) is 5.41 Å². The van der Waals surface area contributed by atoms with E-state index >= 15 is 0 Å². The van der Waals surface area contributed by atoms with E-state index in [1.54, 1.807) is 23.1 Å². The van der Waals surface area contributed by atoms with Crippen LogP contribution >= 0.6 is 11.6 Å². The smallest absolute Gasteiger partial charge is 0.232 e. The average Bonchev–Trinajstić information content (AvgIpc) is 2.63. The van der Waals surface area contributed by atoms with Crippen LogP contribution < -0.4 is 4.90 Å². The van der Waals surface area contributed by atoms with Crippen LogP contribution in [0.1, 0.15) is 50.2 Å². The zero-order chi connectivity index (χ0) is 20.9. The number of benzene rings is 2. The van der Waals surface area contributed by atoms with Gasteiger partial charge in [0.25, 0.3) is 0 Å². The van der Waals surface area contributed by atoms with Crippen LogP contribution in [0, 0.1) is 18.2 Å². The molecule has 0 saturated carbocycles. The van der Waals surface area contributed by atoms with Crippen molar-refractivity contribution in [3.05, 3.63) is 75.7 Å². The van der Waals surface area contributed by atoms with Crippen molar-refractivity contribution in [1.82, 2.24) is 0 Å². The molecule has 2 aromatic carbocycles. The number of anilines is 1. The first-order chi connectivity index (χ1) is 13.7. The molecule has 4 rings (SSSR count). The van der Waals surface area contributed by atoms with Gasteiger partial charge in [0, 0.05) is 35.1 Å². The molecule has 29 heavy (non-hydrogen) atoms. The van der Waals surface area contributed by atoms with Crippen molar-refractivity contribution in [3.8, 4) is 0 Å². The number of allylic oxidation sites excluding steroid dienone is 2. The summed E-state index contributed by atoms with van der Waals surface area (Å²) >= 11 is 6.32. The third kappa shape index (κ3) is 3.62. The number of carbonyl (C=O) groups excluding carboxylic acids is 2. The summed E-state index contributed by atoms with van der Waals surface area (Å²) in [6.45, 7) is 5.99. The van der Waals surface area contributed by atoms with Crippen LogP contribution in [0.25, 0.3) is 0 Å². The minimum absolute atomic E-state index is 0.0567. The third-order valence-electron chi connectivity index (χ3n) is 5.83. The van der Waals surface area contributed by atoms with E-state index in [-0.39, 0.29) is 35.3 Å². The lowest BCUT2D eigenvalue weighted by Gasteiger charge is -2.43. The molecule has 3 nitrogen and oxygen atoms in total. The van der Waals surface area contributed by atoms with Gasteiger partial charge in [0.2, 0.25) is 5.91 Å². The van der Waals surface area contributed by atoms with Crippen LogP contribution in [0.4, 0.5) is 10.1 Å². The fourth-order valence-corrected chi connectivity index (χ4v) is 4.59. The Morgan fingerprint density at radius 1 is 1.07 bits per heavy atom. The lowest BCUT2D eigenvalue weighted by atomic mass is 9.69. The number of rotatable bonds is 2. The van der Waals surface area contributed by atoms with Gasteiger partial charge in [0.15, 0.2) is 5.78 Å². The molecule has 0 radical (unpaired) electrons. The second-order valence-corrected chi connectivity index (χ2v) is 9.18. The molecule has 1 aliphatic heterocycles. The van der Waals surface area contributed by atoms with E-state index in [4.69, 9.17) is 11.6 Å². The Hall–Kier alpha value is -2.46. The van der Waals surface area contributed by atoms with Gasteiger partial charge in [-0.15, -0.1) is 0 Å². The summed E-state index contributed by atoms with van der Waals surface area (Å²) in [7, 11) is 0. The molecule has 0 spiro atoms. The highest BCUT2D eigenvalue weighted by Gasteiger charge is 2.44. The molecule has 0 bridgehead atoms. The van der Waals surface area contributed by atoms with Gasteiger partial charge in [-0.05, 0) is 54.2 Å². The Morgan fingerprint density at radius 3 is 2.41 bits per heavy atom. The number of aryl methyl sites for hydroxylation is 1. The summed E-state index contributed by atoms with van der Waals surface area (Å²) in [5.41, 5.74) is 3.58. The lowest BCUT2D eigenvalue weighted by Crippen LogP contribution is -2.43. The Balaban J connectivity index is 1.89. The van der Waals surface area contributed by atoms with E-state index in [0.717, 1.165) is 16.8 Å². The molecule has 150 valence electrons. The van der Waals surface area contributed by atoms with Crippen molar-refractivity contribution in [2.45, 2.75) is 46.0 Å². The Bertz CT molecular complexity index is 1040. The van der Waals surface area contributed by atoms with E-state index in [1.807, 2.05) is 32.9 Å². The highest BCUT2D eigenvalue weighted by Crippen LogP contribution is 2.48. The first-order valence-electron chi connectivity index (χ1n) is 9.77. The van der Waals surface area contributed by atoms with Crippen LogP contribution in [0.15, 0.2) is 53.7 Å². The summed E-state index contributed by atoms with van der Waals surface area (Å²) in [6.07, 6.45) is 1.21. The molecule has 5 heteroatoms. The number of nitrogens with zero attached hydrogens (tertiary/aromatic N) is 1. The third-order valence-corrected chi connectivity index (χ3v) is 6.24. The predicted molar refractivity (Wildman–Crippen MR) is 112 cm³/mol. The molecule has 1 amide bonds. The molecule has 0 N–H and O–H groups in total.